The summed E-state index contributed by atoms with van der Waals surface area (Å²) >= 11 is 0. The number of rotatable bonds is 7. The highest BCUT2D eigenvalue weighted by Gasteiger charge is 2.06. The molecule has 0 unspecified atom stereocenters. The van der Waals surface area contributed by atoms with Gasteiger partial charge in [0.15, 0.2) is 5.84 Å². The molecule has 0 atom stereocenters. The molecule has 0 spiro atoms. The third kappa shape index (κ3) is 5.98. The highest BCUT2D eigenvalue weighted by atomic mass is 14.9. The maximum atomic E-state index is 4.76. The Morgan fingerprint density at radius 2 is 1.19 bits per heavy atom. The van der Waals surface area contributed by atoms with Crippen LogP contribution in [0.4, 0.5) is 17.1 Å². The summed E-state index contributed by atoms with van der Waals surface area (Å²) < 4.78 is 0. The second kappa shape index (κ2) is 11.6. The summed E-state index contributed by atoms with van der Waals surface area (Å²) in [6, 6.07) is 45.5. The van der Waals surface area contributed by atoms with Crippen LogP contribution in [0.1, 0.15) is 5.56 Å². The predicted octanol–water partition coefficient (Wildman–Crippen LogP) is 9.10. The first-order valence-corrected chi connectivity index (χ1v) is 12.2. The predicted molar refractivity (Wildman–Crippen MR) is 158 cm³/mol. The Morgan fingerprint density at radius 1 is 0.595 bits per heavy atom. The molecule has 5 aromatic rings. The zero-order valence-corrected chi connectivity index (χ0v) is 20.5. The molecule has 0 aliphatic rings. The highest BCUT2D eigenvalue weighted by Crippen LogP contribution is 2.31. The lowest BCUT2D eigenvalue weighted by atomic mass is 10.0. The van der Waals surface area contributed by atoms with Gasteiger partial charge in [0.2, 0.25) is 0 Å². The van der Waals surface area contributed by atoms with E-state index in [1.54, 1.807) is 12.3 Å². The molecule has 0 aliphatic carbocycles. The minimum atomic E-state index is 0.652. The first-order chi connectivity index (χ1) is 18.3. The average Bonchev–Trinajstić information content (AvgIpc) is 2.97. The van der Waals surface area contributed by atoms with Crippen molar-refractivity contribution in [3.63, 3.8) is 0 Å². The first-order valence-electron chi connectivity index (χ1n) is 12.2. The lowest BCUT2D eigenvalue weighted by Crippen LogP contribution is -1.96. The third-order valence-electron chi connectivity index (χ3n) is 5.95. The summed E-state index contributed by atoms with van der Waals surface area (Å²) in [6.45, 7) is 3.72. The van der Waals surface area contributed by atoms with E-state index < -0.39 is 0 Å². The molecule has 37 heavy (non-hydrogen) atoms. The van der Waals surface area contributed by atoms with Crippen LogP contribution in [-0.4, -0.2) is 12.1 Å². The molecule has 0 saturated heterocycles. The highest BCUT2D eigenvalue weighted by molar-refractivity contribution is 6.05. The van der Waals surface area contributed by atoms with E-state index in [0.29, 0.717) is 5.84 Å². The number of para-hydroxylation sites is 1. The number of nitrogens with one attached hydrogen (secondary N) is 1. The van der Waals surface area contributed by atoms with E-state index in [2.05, 4.69) is 102 Å². The summed E-state index contributed by atoms with van der Waals surface area (Å²) in [7, 11) is 0. The van der Waals surface area contributed by atoms with Crippen LogP contribution in [0.25, 0.3) is 22.3 Å². The smallest absolute Gasteiger partial charge is 0.159 e. The van der Waals surface area contributed by atoms with Gasteiger partial charge in [-0.1, -0.05) is 116 Å². The molecule has 0 aliphatic heterocycles. The van der Waals surface area contributed by atoms with E-state index in [1.165, 1.54) is 11.1 Å². The number of amidine groups is 1. The van der Waals surface area contributed by atoms with Crippen molar-refractivity contribution in [2.24, 2.45) is 9.98 Å². The SMILES string of the molecule is C=CC=NC(=Nc1ccc(-c2ccc(Nc3ccccc3-c3ccccc3)cc2)cc1)c1ccccc1. The van der Waals surface area contributed by atoms with Crippen molar-refractivity contribution in [2.45, 2.75) is 0 Å². The molecule has 0 aromatic heterocycles. The van der Waals surface area contributed by atoms with Crippen molar-refractivity contribution in [3.05, 3.63) is 152 Å². The standard InChI is InChI=1S/C34H27N3/c1-2-25-35-34(29-13-7-4-8-14-29)37-31-23-19-27(20-24-31)26-17-21-30(22-18-26)36-33-16-10-9-15-32(33)28-11-5-3-6-12-28/h2-25,36H,1H2. The Balaban J connectivity index is 1.34. The summed E-state index contributed by atoms with van der Waals surface area (Å²) in [5.41, 5.74) is 8.57. The van der Waals surface area contributed by atoms with E-state index in [0.717, 1.165) is 33.8 Å². The zero-order valence-electron chi connectivity index (χ0n) is 20.5. The summed E-state index contributed by atoms with van der Waals surface area (Å²) in [5, 5.41) is 3.57. The molecule has 1 N–H and O–H groups in total. The van der Waals surface area contributed by atoms with Crippen LogP contribution in [0.2, 0.25) is 0 Å². The van der Waals surface area contributed by atoms with Crippen molar-refractivity contribution in [3.8, 4) is 22.3 Å². The quantitative estimate of drug-likeness (QED) is 0.184. The Hall–Kier alpha value is -5.02. The third-order valence-corrected chi connectivity index (χ3v) is 5.95. The minimum absolute atomic E-state index is 0.652. The Kier molecular flexibility index (Phi) is 7.44. The minimum Gasteiger partial charge on any atom is -0.355 e. The maximum absolute atomic E-state index is 4.76. The molecule has 0 heterocycles. The number of hydrogen-bond acceptors (Lipinski definition) is 2. The molecule has 5 rings (SSSR count). The van der Waals surface area contributed by atoms with Crippen LogP contribution < -0.4 is 5.32 Å². The Bertz CT molecular complexity index is 1520. The molecule has 3 heteroatoms. The molecule has 0 fully saturated rings. The molecule has 5 aromatic carbocycles. The summed E-state index contributed by atoms with van der Waals surface area (Å²) in [5.74, 6) is 0.652. The Morgan fingerprint density at radius 3 is 1.86 bits per heavy atom. The maximum Gasteiger partial charge on any atom is 0.159 e. The molecule has 0 amide bonds. The van der Waals surface area contributed by atoms with Gasteiger partial charge in [-0.15, -0.1) is 0 Å². The number of aliphatic imine (C=N–C) groups is 2. The fraction of sp³-hybridized carbons (Fsp3) is 0. The van der Waals surface area contributed by atoms with Crippen LogP contribution in [-0.2, 0) is 0 Å². The lowest BCUT2D eigenvalue weighted by molar-refractivity contribution is 1.45. The van der Waals surface area contributed by atoms with Gasteiger partial charge in [0.05, 0.1) is 5.69 Å². The Labute approximate surface area is 218 Å². The lowest BCUT2D eigenvalue weighted by Gasteiger charge is -2.13. The van der Waals surface area contributed by atoms with Gasteiger partial charge in [-0.2, -0.15) is 0 Å². The van der Waals surface area contributed by atoms with Crippen LogP contribution in [0.5, 0.6) is 0 Å². The van der Waals surface area contributed by atoms with Gasteiger partial charge < -0.3 is 5.32 Å². The van der Waals surface area contributed by atoms with Gasteiger partial charge in [0.25, 0.3) is 0 Å². The largest absolute Gasteiger partial charge is 0.355 e. The second-order valence-electron chi connectivity index (χ2n) is 8.48. The molecule has 0 bridgehead atoms. The number of allylic oxidation sites excluding steroid dienone is 1. The van der Waals surface area contributed by atoms with E-state index in [9.17, 15) is 0 Å². The molecule has 0 radical (unpaired) electrons. The van der Waals surface area contributed by atoms with Gasteiger partial charge in [-0.3, -0.25) is 0 Å². The molecule has 0 saturated carbocycles. The van der Waals surface area contributed by atoms with E-state index in [1.807, 2.05) is 48.5 Å². The van der Waals surface area contributed by atoms with Crippen molar-refractivity contribution in [1.82, 2.24) is 0 Å². The van der Waals surface area contributed by atoms with Crippen molar-refractivity contribution >= 4 is 29.1 Å². The number of nitrogens with zero attached hydrogens (tertiary/aromatic N) is 2. The van der Waals surface area contributed by atoms with Crippen LogP contribution >= 0.6 is 0 Å². The number of benzene rings is 5. The first kappa shape index (κ1) is 23.7. The molecular formula is C34H27N3. The van der Waals surface area contributed by atoms with Gasteiger partial charge in [0.1, 0.15) is 0 Å². The van der Waals surface area contributed by atoms with E-state index in [4.69, 9.17) is 4.99 Å². The number of hydrogen-bond donors (Lipinski definition) is 1. The second-order valence-corrected chi connectivity index (χ2v) is 8.48. The topological polar surface area (TPSA) is 36.8 Å². The van der Waals surface area contributed by atoms with Gasteiger partial charge in [-0.25, -0.2) is 9.98 Å². The van der Waals surface area contributed by atoms with Crippen LogP contribution in [0.3, 0.4) is 0 Å². The molecule has 178 valence electrons. The van der Waals surface area contributed by atoms with Crippen LogP contribution in [0, 0.1) is 0 Å². The average molecular weight is 478 g/mol. The van der Waals surface area contributed by atoms with Crippen LogP contribution in [0.15, 0.2) is 156 Å². The van der Waals surface area contributed by atoms with E-state index >= 15 is 0 Å². The summed E-state index contributed by atoms with van der Waals surface area (Å²) in [4.78, 5) is 9.21. The van der Waals surface area contributed by atoms with Gasteiger partial charge in [0, 0.05) is 28.7 Å². The van der Waals surface area contributed by atoms with Gasteiger partial charge >= 0.3 is 0 Å². The monoisotopic (exact) mass is 477 g/mol. The fourth-order valence-electron chi connectivity index (χ4n) is 4.09. The molecular weight excluding hydrogens is 450 g/mol. The van der Waals surface area contributed by atoms with Crippen molar-refractivity contribution in [1.29, 1.82) is 0 Å². The normalized spacial score (nSPS) is 11.4. The number of anilines is 2. The van der Waals surface area contributed by atoms with E-state index in [-0.39, 0.29) is 0 Å². The summed E-state index contributed by atoms with van der Waals surface area (Å²) in [6.07, 6.45) is 3.31. The van der Waals surface area contributed by atoms with Crippen molar-refractivity contribution in [2.75, 3.05) is 5.32 Å². The van der Waals surface area contributed by atoms with Crippen molar-refractivity contribution < 1.29 is 0 Å². The fourth-order valence-corrected chi connectivity index (χ4v) is 4.09. The van der Waals surface area contributed by atoms with Gasteiger partial charge in [-0.05, 0) is 47.0 Å². The zero-order chi connectivity index (χ0) is 25.3. The molecule has 3 nitrogen and oxygen atoms in total.